The van der Waals surface area contributed by atoms with Crippen LogP contribution in [0.4, 0.5) is 4.79 Å². The summed E-state index contributed by atoms with van der Waals surface area (Å²) in [5.41, 5.74) is 1.09. The Morgan fingerprint density at radius 2 is 1.50 bits per heavy atom. The van der Waals surface area contributed by atoms with Gasteiger partial charge in [-0.1, -0.05) is 12.1 Å². The summed E-state index contributed by atoms with van der Waals surface area (Å²) in [5.74, 6) is -1.12. The second kappa shape index (κ2) is 11.6. The highest BCUT2D eigenvalue weighted by Gasteiger charge is 2.34. The molecule has 4 amide bonds. The van der Waals surface area contributed by atoms with E-state index in [1.54, 1.807) is 31.2 Å². The number of amides is 4. The van der Waals surface area contributed by atoms with Crippen molar-refractivity contribution >= 4 is 29.8 Å². The summed E-state index contributed by atoms with van der Waals surface area (Å²) in [6.45, 7) is 2.53. The van der Waals surface area contributed by atoms with Crippen LogP contribution in [0.5, 0.6) is 5.75 Å². The van der Waals surface area contributed by atoms with E-state index in [1.165, 1.54) is 24.3 Å². The Morgan fingerprint density at radius 3 is 2.12 bits per heavy atom. The van der Waals surface area contributed by atoms with Crippen LogP contribution in [0.1, 0.15) is 50.8 Å². The minimum atomic E-state index is -0.814. The average Bonchev–Trinajstić information content (AvgIpc) is 3.07. The van der Waals surface area contributed by atoms with Crippen molar-refractivity contribution in [3.05, 3.63) is 65.2 Å². The van der Waals surface area contributed by atoms with Crippen LogP contribution in [-0.4, -0.2) is 60.9 Å². The summed E-state index contributed by atoms with van der Waals surface area (Å²) >= 11 is 0. The molecule has 0 bridgehead atoms. The SMILES string of the molecule is CCOC(=O)Oc1ccc(C(=O)NCCCNC(=O)CCN2C(=O)c3ccccc3C2=O)cc1. The molecule has 1 heterocycles. The van der Waals surface area contributed by atoms with E-state index in [4.69, 9.17) is 4.74 Å². The van der Waals surface area contributed by atoms with E-state index in [-0.39, 0.29) is 37.1 Å². The van der Waals surface area contributed by atoms with Crippen LogP contribution in [0.2, 0.25) is 0 Å². The fourth-order valence-electron chi connectivity index (χ4n) is 3.28. The molecule has 2 aromatic carbocycles. The minimum absolute atomic E-state index is 0.00194. The highest BCUT2D eigenvalue weighted by atomic mass is 16.7. The number of imide groups is 1. The van der Waals surface area contributed by atoms with Gasteiger partial charge in [0, 0.05) is 31.6 Å². The van der Waals surface area contributed by atoms with Crippen LogP contribution in [0.15, 0.2) is 48.5 Å². The molecule has 2 N–H and O–H groups in total. The molecule has 0 unspecified atom stereocenters. The van der Waals surface area contributed by atoms with Crippen LogP contribution in [0, 0.1) is 0 Å². The fraction of sp³-hybridized carbons (Fsp3) is 0.292. The molecule has 0 saturated carbocycles. The predicted octanol–water partition coefficient (Wildman–Crippen LogP) is 2.14. The third kappa shape index (κ3) is 6.18. The van der Waals surface area contributed by atoms with Crippen LogP contribution in [0.25, 0.3) is 0 Å². The average molecular weight is 467 g/mol. The molecule has 10 heteroatoms. The van der Waals surface area contributed by atoms with Gasteiger partial charge in [0.2, 0.25) is 5.91 Å². The molecular weight excluding hydrogens is 442 g/mol. The van der Waals surface area contributed by atoms with Gasteiger partial charge >= 0.3 is 6.16 Å². The molecule has 0 fully saturated rings. The van der Waals surface area contributed by atoms with Gasteiger partial charge in [0.05, 0.1) is 17.7 Å². The number of fused-ring (bicyclic) bond motifs is 1. The van der Waals surface area contributed by atoms with Gasteiger partial charge in [-0.3, -0.25) is 24.1 Å². The second-order valence-electron chi connectivity index (χ2n) is 7.33. The van der Waals surface area contributed by atoms with E-state index >= 15 is 0 Å². The number of benzene rings is 2. The van der Waals surface area contributed by atoms with Gasteiger partial charge in [0.25, 0.3) is 17.7 Å². The molecule has 0 radical (unpaired) electrons. The van der Waals surface area contributed by atoms with Gasteiger partial charge in [0.15, 0.2) is 0 Å². The minimum Gasteiger partial charge on any atom is -0.434 e. The number of hydrogen-bond acceptors (Lipinski definition) is 7. The Labute approximate surface area is 196 Å². The van der Waals surface area contributed by atoms with Crippen molar-refractivity contribution in [1.82, 2.24) is 15.5 Å². The Kier molecular flexibility index (Phi) is 8.33. The smallest absolute Gasteiger partial charge is 0.434 e. The monoisotopic (exact) mass is 467 g/mol. The summed E-state index contributed by atoms with van der Waals surface area (Å²) in [6, 6.07) is 12.6. The molecule has 0 spiro atoms. The van der Waals surface area contributed by atoms with E-state index < -0.39 is 18.0 Å². The molecule has 1 aliphatic heterocycles. The highest BCUT2D eigenvalue weighted by Crippen LogP contribution is 2.22. The number of carbonyl (C=O) groups is 5. The summed E-state index contributed by atoms with van der Waals surface area (Å²) < 4.78 is 9.61. The first kappa shape index (κ1) is 24.4. The molecule has 2 aromatic rings. The van der Waals surface area contributed by atoms with E-state index in [0.717, 1.165) is 4.90 Å². The standard InChI is InChI=1S/C24H25N3O7/c1-2-33-24(32)34-17-10-8-16(9-11-17)21(29)26-14-5-13-25-20(28)12-15-27-22(30)18-6-3-4-7-19(18)23(27)31/h3-4,6-11H,2,5,12-15H2,1H3,(H,25,28)(H,26,29). The summed E-state index contributed by atoms with van der Waals surface area (Å²) in [4.78, 5) is 61.2. The number of nitrogens with zero attached hydrogens (tertiary/aromatic N) is 1. The lowest BCUT2D eigenvalue weighted by atomic mass is 10.1. The van der Waals surface area contributed by atoms with Crippen molar-refractivity contribution in [2.45, 2.75) is 19.8 Å². The topological polar surface area (TPSA) is 131 Å². The van der Waals surface area contributed by atoms with Crippen molar-refractivity contribution < 1.29 is 33.4 Å². The van der Waals surface area contributed by atoms with E-state index in [2.05, 4.69) is 15.4 Å². The maximum Gasteiger partial charge on any atom is 0.513 e. The quantitative estimate of drug-likeness (QED) is 0.237. The fourth-order valence-corrected chi connectivity index (χ4v) is 3.28. The van der Waals surface area contributed by atoms with Gasteiger partial charge in [-0.15, -0.1) is 0 Å². The van der Waals surface area contributed by atoms with Crippen LogP contribution in [0.3, 0.4) is 0 Å². The lowest BCUT2D eigenvalue weighted by Crippen LogP contribution is -2.35. The molecule has 0 atom stereocenters. The van der Waals surface area contributed by atoms with Gasteiger partial charge in [-0.25, -0.2) is 4.79 Å². The van der Waals surface area contributed by atoms with Crippen molar-refractivity contribution in [3.63, 3.8) is 0 Å². The van der Waals surface area contributed by atoms with Crippen LogP contribution < -0.4 is 15.4 Å². The van der Waals surface area contributed by atoms with Gasteiger partial charge in [-0.2, -0.15) is 0 Å². The molecular formula is C24H25N3O7. The Balaban J connectivity index is 1.32. The zero-order valence-electron chi connectivity index (χ0n) is 18.7. The van der Waals surface area contributed by atoms with Gasteiger partial charge in [0.1, 0.15) is 5.75 Å². The van der Waals surface area contributed by atoms with E-state index in [0.29, 0.717) is 36.2 Å². The molecule has 34 heavy (non-hydrogen) atoms. The Hall–Kier alpha value is -4.21. The van der Waals surface area contributed by atoms with E-state index in [1.807, 2.05) is 0 Å². The highest BCUT2D eigenvalue weighted by molar-refractivity contribution is 6.21. The first-order chi connectivity index (χ1) is 16.4. The second-order valence-corrected chi connectivity index (χ2v) is 7.33. The molecule has 1 aliphatic rings. The number of hydrogen-bond donors (Lipinski definition) is 2. The molecule has 0 saturated heterocycles. The summed E-state index contributed by atoms with van der Waals surface area (Å²) in [7, 11) is 0. The van der Waals surface area contributed by atoms with Crippen molar-refractivity contribution in [3.8, 4) is 5.75 Å². The largest absolute Gasteiger partial charge is 0.513 e. The van der Waals surface area contributed by atoms with Crippen molar-refractivity contribution in [2.24, 2.45) is 0 Å². The number of carbonyl (C=O) groups excluding carboxylic acids is 5. The maximum absolute atomic E-state index is 12.3. The first-order valence-electron chi connectivity index (χ1n) is 10.9. The molecule has 178 valence electrons. The van der Waals surface area contributed by atoms with E-state index in [9.17, 15) is 24.0 Å². The number of ether oxygens (including phenoxy) is 2. The zero-order valence-corrected chi connectivity index (χ0v) is 18.7. The Morgan fingerprint density at radius 1 is 0.882 bits per heavy atom. The molecule has 3 rings (SSSR count). The Bertz CT molecular complexity index is 1050. The first-order valence-corrected chi connectivity index (χ1v) is 10.9. The molecule has 0 aromatic heterocycles. The lowest BCUT2D eigenvalue weighted by Gasteiger charge is -2.13. The predicted molar refractivity (Wildman–Crippen MR) is 120 cm³/mol. The normalized spacial score (nSPS) is 12.2. The number of nitrogens with one attached hydrogen (secondary N) is 2. The van der Waals surface area contributed by atoms with Gasteiger partial charge < -0.3 is 20.1 Å². The van der Waals surface area contributed by atoms with Crippen LogP contribution in [-0.2, 0) is 9.53 Å². The summed E-state index contributed by atoms with van der Waals surface area (Å²) in [5, 5.41) is 5.44. The number of rotatable bonds is 10. The van der Waals surface area contributed by atoms with Gasteiger partial charge in [-0.05, 0) is 49.7 Å². The third-order valence-corrected chi connectivity index (χ3v) is 4.98. The lowest BCUT2D eigenvalue weighted by molar-refractivity contribution is -0.121. The van der Waals surface area contributed by atoms with Crippen molar-refractivity contribution in [2.75, 3.05) is 26.2 Å². The third-order valence-electron chi connectivity index (χ3n) is 4.98. The molecule has 10 nitrogen and oxygen atoms in total. The van der Waals surface area contributed by atoms with Crippen molar-refractivity contribution in [1.29, 1.82) is 0 Å². The van der Waals surface area contributed by atoms with Crippen LogP contribution >= 0.6 is 0 Å². The maximum atomic E-state index is 12.3. The zero-order chi connectivity index (χ0) is 24.5. The molecule has 0 aliphatic carbocycles. The summed E-state index contributed by atoms with van der Waals surface area (Å²) in [6.07, 6.45) is -0.322.